The van der Waals surface area contributed by atoms with Gasteiger partial charge >= 0.3 is 0 Å². The van der Waals surface area contributed by atoms with Gasteiger partial charge in [-0.1, -0.05) is 15.9 Å². The topological polar surface area (TPSA) is 64.0 Å². The van der Waals surface area contributed by atoms with Crippen molar-refractivity contribution in [2.75, 3.05) is 11.2 Å². The minimum Gasteiger partial charge on any atom is -0.336 e. The van der Waals surface area contributed by atoms with E-state index in [0.29, 0.717) is 13.1 Å². The van der Waals surface area contributed by atoms with Gasteiger partial charge in [-0.05, 0) is 0 Å². The fourth-order valence-corrected chi connectivity index (χ4v) is 1.75. The second-order valence-corrected chi connectivity index (χ2v) is 5.53. The van der Waals surface area contributed by atoms with E-state index >= 15 is 0 Å². The average molecular weight is 268 g/mol. The molecule has 1 aromatic heterocycles. The fraction of sp³-hybridized carbons (Fsp3) is 0.500. The molecule has 13 heavy (non-hydrogen) atoms. The minimum atomic E-state index is -3.14. The Bertz CT molecular complexity index is 335. The fourth-order valence-electron chi connectivity index (χ4n) is 0.788. The Morgan fingerprint density at radius 1 is 1.54 bits per heavy atom. The van der Waals surface area contributed by atoms with Crippen LogP contribution in [-0.4, -0.2) is 29.2 Å². The lowest BCUT2D eigenvalue weighted by atomic mass is 10.6. The van der Waals surface area contributed by atoms with Gasteiger partial charge in [-0.25, -0.2) is 18.1 Å². The van der Waals surface area contributed by atoms with Gasteiger partial charge in [0.1, 0.15) is 4.66 Å². The summed E-state index contributed by atoms with van der Waals surface area (Å²) in [7, 11) is -3.14. The first kappa shape index (κ1) is 10.7. The van der Waals surface area contributed by atoms with Crippen molar-refractivity contribution in [3.8, 4) is 0 Å². The molecule has 0 aliphatic heterocycles. The average Bonchev–Trinajstić information content (AvgIpc) is 2.57. The predicted molar refractivity (Wildman–Crippen MR) is 52.9 cm³/mol. The monoisotopic (exact) mass is 267 g/mol. The lowest BCUT2D eigenvalue weighted by molar-refractivity contribution is 0.578. The molecular formula is C6H10BrN3O2S. The van der Waals surface area contributed by atoms with E-state index in [0.717, 1.165) is 0 Å². The van der Waals surface area contributed by atoms with Gasteiger partial charge in [0.25, 0.3) is 0 Å². The first-order chi connectivity index (χ1) is 6.14. The van der Waals surface area contributed by atoms with Crippen molar-refractivity contribution in [2.45, 2.75) is 6.54 Å². The predicted octanol–water partition coefficient (Wildman–Crippen LogP) is 0.155. The largest absolute Gasteiger partial charge is 0.336 e. The Balaban J connectivity index is 2.30. The van der Waals surface area contributed by atoms with Gasteiger partial charge in [0, 0.05) is 25.5 Å². The Morgan fingerprint density at radius 2 is 2.31 bits per heavy atom. The molecule has 0 atom stereocenters. The zero-order valence-electron chi connectivity index (χ0n) is 6.85. The van der Waals surface area contributed by atoms with Crippen LogP contribution < -0.4 is 4.72 Å². The van der Waals surface area contributed by atoms with Gasteiger partial charge < -0.3 is 4.57 Å². The third-order valence-corrected chi connectivity index (χ3v) is 4.13. The van der Waals surface area contributed by atoms with Crippen LogP contribution in [0.5, 0.6) is 0 Å². The number of sulfonamides is 1. The van der Waals surface area contributed by atoms with E-state index in [2.05, 4.69) is 25.6 Å². The van der Waals surface area contributed by atoms with Crippen LogP contribution in [-0.2, 0) is 16.6 Å². The zero-order valence-corrected chi connectivity index (χ0v) is 9.25. The van der Waals surface area contributed by atoms with Gasteiger partial charge in [-0.3, -0.25) is 0 Å². The van der Waals surface area contributed by atoms with Crippen LogP contribution >= 0.6 is 15.9 Å². The number of imidazole rings is 1. The number of hydrogen-bond acceptors (Lipinski definition) is 3. The molecule has 0 amide bonds. The summed E-state index contributed by atoms with van der Waals surface area (Å²) < 4.78 is 26.1. The number of nitrogens with one attached hydrogen (secondary N) is 1. The van der Waals surface area contributed by atoms with E-state index < -0.39 is 10.0 Å². The maximum absolute atomic E-state index is 10.9. The Labute approximate surface area is 85.3 Å². The Hall–Kier alpha value is -0.400. The molecule has 0 saturated carbocycles. The van der Waals surface area contributed by atoms with Crippen LogP contribution in [0.2, 0.25) is 0 Å². The summed E-state index contributed by atoms with van der Waals surface area (Å²) in [4.78, 5) is 3.83. The second kappa shape index (κ2) is 4.73. The van der Waals surface area contributed by atoms with Crippen molar-refractivity contribution in [2.24, 2.45) is 0 Å². The van der Waals surface area contributed by atoms with Crippen molar-refractivity contribution in [3.63, 3.8) is 0 Å². The highest BCUT2D eigenvalue weighted by molar-refractivity contribution is 9.10. The van der Waals surface area contributed by atoms with Crippen LogP contribution in [0.15, 0.2) is 18.7 Å². The molecule has 1 rings (SSSR count). The van der Waals surface area contributed by atoms with Crippen molar-refractivity contribution >= 4 is 26.0 Å². The molecule has 5 nitrogen and oxygen atoms in total. The van der Waals surface area contributed by atoms with E-state index in [1.165, 1.54) is 0 Å². The van der Waals surface area contributed by atoms with Crippen LogP contribution in [0.4, 0.5) is 0 Å². The van der Waals surface area contributed by atoms with Crippen LogP contribution in [0.3, 0.4) is 0 Å². The third kappa shape index (κ3) is 3.88. The van der Waals surface area contributed by atoms with Crippen LogP contribution in [0.1, 0.15) is 0 Å². The van der Waals surface area contributed by atoms with Gasteiger partial charge in [0.05, 0.1) is 6.33 Å². The molecule has 74 valence electrons. The molecule has 0 radical (unpaired) electrons. The number of halogens is 1. The Kier molecular flexibility index (Phi) is 3.89. The molecule has 1 heterocycles. The lowest BCUT2D eigenvalue weighted by Gasteiger charge is -2.03. The maximum Gasteiger partial charge on any atom is 0.221 e. The summed E-state index contributed by atoms with van der Waals surface area (Å²) in [5, 5.41) is 0. The van der Waals surface area contributed by atoms with Crippen molar-refractivity contribution in [1.82, 2.24) is 14.3 Å². The molecule has 0 saturated heterocycles. The standard InChI is InChI=1S/C6H10BrN3O2S/c7-5-13(11,12)9-2-4-10-3-1-8-6-10/h1,3,6,9H,2,4-5H2. The van der Waals surface area contributed by atoms with E-state index in [4.69, 9.17) is 0 Å². The second-order valence-electron chi connectivity index (χ2n) is 2.42. The molecule has 1 N–H and O–H groups in total. The van der Waals surface area contributed by atoms with Crippen LogP contribution in [0.25, 0.3) is 0 Å². The highest BCUT2D eigenvalue weighted by Gasteiger charge is 2.05. The van der Waals surface area contributed by atoms with Gasteiger partial charge in [0.15, 0.2) is 0 Å². The molecule has 0 bridgehead atoms. The maximum atomic E-state index is 10.9. The molecule has 0 aliphatic carbocycles. The number of rotatable bonds is 5. The lowest BCUT2D eigenvalue weighted by Crippen LogP contribution is -2.27. The smallest absolute Gasteiger partial charge is 0.221 e. The first-order valence-electron chi connectivity index (χ1n) is 3.63. The molecule has 7 heteroatoms. The minimum absolute atomic E-state index is 0.0655. The zero-order chi connectivity index (χ0) is 9.73. The summed E-state index contributed by atoms with van der Waals surface area (Å²) in [6, 6.07) is 0. The molecule has 0 spiro atoms. The highest BCUT2D eigenvalue weighted by Crippen LogP contribution is 1.91. The van der Waals surface area contributed by atoms with Crippen LogP contribution in [0, 0.1) is 0 Å². The summed E-state index contributed by atoms with van der Waals surface area (Å²) in [6.07, 6.45) is 5.07. The number of nitrogens with zero attached hydrogens (tertiary/aromatic N) is 2. The summed E-state index contributed by atoms with van der Waals surface area (Å²) in [6.45, 7) is 0.969. The number of hydrogen-bond donors (Lipinski definition) is 1. The molecule has 0 unspecified atom stereocenters. The van der Waals surface area contributed by atoms with Crippen molar-refractivity contribution in [1.29, 1.82) is 0 Å². The van der Waals surface area contributed by atoms with Gasteiger partial charge in [0.2, 0.25) is 10.0 Å². The van der Waals surface area contributed by atoms with E-state index in [-0.39, 0.29) is 4.66 Å². The van der Waals surface area contributed by atoms with E-state index in [9.17, 15) is 8.42 Å². The normalized spacial score (nSPS) is 11.8. The third-order valence-electron chi connectivity index (χ3n) is 1.39. The summed E-state index contributed by atoms with van der Waals surface area (Å²) in [5.41, 5.74) is 0. The number of aromatic nitrogens is 2. The number of alkyl halides is 1. The summed E-state index contributed by atoms with van der Waals surface area (Å²) >= 11 is 2.88. The van der Waals surface area contributed by atoms with E-state index in [1.54, 1.807) is 23.3 Å². The van der Waals surface area contributed by atoms with Crippen molar-refractivity contribution in [3.05, 3.63) is 18.7 Å². The van der Waals surface area contributed by atoms with E-state index in [1.807, 2.05) is 0 Å². The molecule has 0 fully saturated rings. The quantitative estimate of drug-likeness (QED) is 0.773. The van der Waals surface area contributed by atoms with Gasteiger partial charge in [-0.15, -0.1) is 0 Å². The first-order valence-corrected chi connectivity index (χ1v) is 6.40. The SMILES string of the molecule is O=S(=O)(CBr)NCCn1ccnc1. The molecular weight excluding hydrogens is 258 g/mol. The summed E-state index contributed by atoms with van der Waals surface area (Å²) in [5.74, 6) is 0. The van der Waals surface area contributed by atoms with Gasteiger partial charge in [-0.2, -0.15) is 0 Å². The molecule has 0 aromatic carbocycles. The Morgan fingerprint density at radius 3 is 2.85 bits per heavy atom. The highest BCUT2D eigenvalue weighted by atomic mass is 79.9. The van der Waals surface area contributed by atoms with Crippen molar-refractivity contribution < 1.29 is 8.42 Å². The molecule has 1 aromatic rings. The molecule has 0 aliphatic rings.